The van der Waals surface area contributed by atoms with Crippen LogP contribution in [0.25, 0.3) is 11.0 Å². The minimum Gasteiger partial charge on any atom is -0.463 e. The average molecular weight is 338 g/mol. The molecule has 2 heterocycles. The van der Waals surface area contributed by atoms with Crippen molar-refractivity contribution in [2.24, 2.45) is 0 Å². The number of likely N-dealkylation sites (N-methyl/N-ethyl adjacent to an activating group) is 1. The summed E-state index contributed by atoms with van der Waals surface area (Å²) >= 11 is 0. The van der Waals surface area contributed by atoms with E-state index in [4.69, 9.17) is 4.42 Å². The molecule has 1 aromatic heterocycles. The van der Waals surface area contributed by atoms with Crippen molar-refractivity contribution in [2.75, 3.05) is 39.8 Å². The zero-order chi connectivity index (χ0) is 15.5. The van der Waals surface area contributed by atoms with Gasteiger partial charge < -0.3 is 19.5 Å². The summed E-state index contributed by atoms with van der Waals surface area (Å²) in [5.41, 5.74) is 1.17. The van der Waals surface area contributed by atoms with E-state index in [9.17, 15) is 9.59 Å². The fourth-order valence-electron chi connectivity index (χ4n) is 2.64. The largest absolute Gasteiger partial charge is 0.463 e. The smallest absolute Gasteiger partial charge is 0.257 e. The zero-order valence-corrected chi connectivity index (χ0v) is 13.8. The number of rotatable bonds is 3. The van der Waals surface area contributed by atoms with Crippen LogP contribution in [0, 0.1) is 0 Å². The number of furan rings is 1. The second-order valence-electron chi connectivity index (χ2n) is 5.44. The Labute approximate surface area is 140 Å². The topological polar surface area (TPSA) is 65.8 Å². The van der Waals surface area contributed by atoms with Crippen LogP contribution in [-0.4, -0.2) is 61.4 Å². The van der Waals surface area contributed by atoms with Crippen molar-refractivity contribution >= 4 is 35.2 Å². The first-order valence-electron chi connectivity index (χ1n) is 7.37. The average Bonchev–Trinajstić information content (AvgIpc) is 2.99. The second-order valence-corrected chi connectivity index (χ2v) is 5.44. The standard InChI is InChI=1S/C16H19N3O3.ClH/c1-18(10-15(20)19-8-6-17-7-9-19)16(21)13-11-22-14-5-3-2-4-12(13)14;/h2-5,11,17H,6-10H2,1H3;1H. The van der Waals surface area contributed by atoms with Crippen molar-refractivity contribution in [2.45, 2.75) is 0 Å². The summed E-state index contributed by atoms with van der Waals surface area (Å²) in [7, 11) is 1.64. The number of halogens is 1. The van der Waals surface area contributed by atoms with Crippen molar-refractivity contribution in [3.63, 3.8) is 0 Å². The first kappa shape index (κ1) is 17.3. The summed E-state index contributed by atoms with van der Waals surface area (Å²) in [6, 6.07) is 7.38. The molecule has 23 heavy (non-hydrogen) atoms. The number of carbonyl (C=O) groups is 2. The predicted octanol–water partition coefficient (Wildman–Crippen LogP) is 1.36. The van der Waals surface area contributed by atoms with Gasteiger partial charge in [0.05, 0.1) is 12.1 Å². The molecule has 0 atom stereocenters. The van der Waals surface area contributed by atoms with Crippen LogP contribution in [0.4, 0.5) is 0 Å². The van der Waals surface area contributed by atoms with Crippen LogP contribution < -0.4 is 5.32 Å². The predicted molar refractivity (Wildman–Crippen MR) is 89.9 cm³/mol. The highest BCUT2D eigenvalue weighted by molar-refractivity contribution is 6.06. The highest BCUT2D eigenvalue weighted by atomic mass is 35.5. The molecule has 3 rings (SSSR count). The molecule has 2 aromatic rings. The van der Waals surface area contributed by atoms with E-state index in [1.807, 2.05) is 24.3 Å². The molecule has 6 nitrogen and oxygen atoms in total. The number of nitrogens with zero attached hydrogens (tertiary/aromatic N) is 2. The monoisotopic (exact) mass is 337 g/mol. The van der Waals surface area contributed by atoms with Gasteiger partial charge >= 0.3 is 0 Å². The van der Waals surface area contributed by atoms with Crippen LogP contribution >= 0.6 is 12.4 Å². The van der Waals surface area contributed by atoms with E-state index >= 15 is 0 Å². The molecular formula is C16H20ClN3O3. The normalized spacial score (nSPS) is 14.4. The highest BCUT2D eigenvalue weighted by Crippen LogP contribution is 2.21. The maximum absolute atomic E-state index is 12.5. The molecule has 0 aliphatic carbocycles. The van der Waals surface area contributed by atoms with Gasteiger partial charge in [-0.25, -0.2) is 0 Å². The number of hydrogen-bond acceptors (Lipinski definition) is 4. The lowest BCUT2D eigenvalue weighted by molar-refractivity contribution is -0.132. The number of fused-ring (bicyclic) bond motifs is 1. The van der Waals surface area contributed by atoms with Crippen molar-refractivity contribution in [3.05, 3.63) is 36.1 Å². The van der Waals surface area contributed by atoms with Gasteiger partial charge in [-0.2, -0.15) is 0 Å². The van der Waals surface area contributed by atoms with Crippen LogP contribution in [0.1, 0.15) is 10.4 Å². The fraction of sp³-hybridized carbons (Fsp3) is 0.375. The van der Waals surface area contributed by atoms with E-state index in [1.54, 1.807) is 11.9 Å². The Kier molecular flexibility index (Phi) is 5.63. The number of amides is 2. The molecule has 7 heteroatoms. The van der Waals surface area contributed by atoms with Gasteiger partial charge in [-0.1, -0.05) is 18.2 Å². The lowest BCUT2D eigenvalue weighted by Crippen LogP contribution is -2.49. The summed E-state index contributed by atoms with van der Waals surface area (Å²) in [5, 5.41) is 3.97. The van der Waals surface area contributed by atoms with Crippen molar-refractivity contribution in [3.8, 4) is 0 Å². The zero-order valence-electron chi connectivity index (χ0n) is 12.9. The van der Waals surface area contributed by atoms with E-state index in [1.165, 1.54) is 11.2 Å². The van der Waals surface area contributed by atoms with E-state index in [2.05, 4.69) is 5.32 Å². The molecule has 0 radical (unpaired) electrons. The Bertz CT molecular complexity index is 695. The van der Waals surface area contributed by atoms with E-state index in [-0.39, 0.29) is 30.8 Å². The quantitative estimate of drug-likeness (QED) is 0.918. The van der Waals surface area contributed by atoms with Crippen LogP contribution in [0.2, 0.25) is 0 Å². The number of benzene rings is 1. The Morgan fingerprint density at radius 2 is 1.96 bits per heavy atom. The maximum Gasteiger partial charge on any atom is 0.257 e. The molecule has 1 saturated heterocycles. The van der Waals surface area contributed by atoms with Gasteiger partial charge in [-0.3, -0.25) is 9.59 Å². The number of hydrogen-bond donors (Lipinski definition) is 1. The minimum absolute atomic E-state index is 0. The highest BCUT2D eigenvalue weighted by Gasteiger charge is 2.22. The number of para-hydroxylation sites is 1. The molecule has 1 aliphatic heterocycles. The summed E-state index contributed by atoms with van der Waals surface area (Å²) < 4.78 is 5.39. The SMILES string of the molecule is CN(CC(=O)N1CCNCC1)C(=O)c1coc2ccccc12.Cl. The van der Waals surface area contributed by atoms with Gasteiger partial charge in [0.2, 0.25) is 5.91 Å². The molecule has 124 valence electrons. The fourth-order valence-corrected chi connectivity index (χ4v) is 2.64. The molecular weight excluding hydrogens is 318 g/mol. The molecule has 2 amide bonds. The molecule has 1 N–H and O–H groups in total. The van der Waals surface area contributed by atoms with Gasteiger partial charge in [0.1, 0.15) is 11.8 Å². The Balaban J connectivity index is 0.00000192. The molecule has 0 saturated carbocycles. The van der Waals surface area contributed by atoms with Crippen LogP contribution in [0.5, 0.6) is 0 Å². The molecule has 0 bridgehead atoms. The first-order chi connectivity index (χ1) is 10.7. The van der Waals surface area contributed by atoms with Crippen molar-refractivity contribution in [1.82, 2.24) is 15.1 Å². The Morgan fingerprint density at radius 1 is 1.26 bits per heavy atom. The number of carbonyl (C=O) groups excluding carboxylic acids is 2. The van der Waals surface area contributed by atoms with Crippen LogP contribution in [0.15, 0.2) is 34.9 Å². The number of piperazine rings is 1. The second kappa shape index (κ2) is 7.48. The van der Waals surface area contributed by atoms with Crippen molar-refractivity contribution in [1.29, 1.82) is 0 Å². The molecule has 1 aromatic carbocycles. The molecule has 0 unspecified atom stereocenters. The summed E-state index contributed by atoms with van der Waals surface area (Å²) in [6.07, 6.45) is 1.46. The third kappa shape index (κ3) is 3.65. The lowest BCUT2D eigenvalue weighted by Gasteiger charge is -2.29. The van der Waals surface area contributed by atoms with Gasteiger partial charge in [0, 0.05) is 38.6 Å². The van der Waals surface area contributed by atoms with Crippen LogP contribution in [0.3, 0.4) is 0 Å². The van der Waals surface area contributed by atoms with Gasteiger partial charge in [-0.05, 0) is 6.07 Å². The van der Waals surface area contributed by atoms with E-state index < -0.39 is 0 Å². The Morgan fingerprint density at radius 3 is 2.70 bits per heavy atom. The molecule has 0 spiro atoms. The minimum atomic E-state index is -0.201. The van der Waals surface area contributed by atoms with Gasteiger partial charge in [-0.15, -0.1) is 12.4 Å². The van der Waals surface area contributed by atoms with Crippen molar-refractivity contribution < 1.29 is 14.0 Å². The van der Waals surface area contributed by atoms with E-state index in [0.29, 0.717) is 24.2 Å². The lowest BCUT2D eigenvalue weighted by atomic mass is 10.1. The molecule has 1 aliphatic rings. The number of nitrogens with one attached hydrogen (secondary N) is 1. The Hall–Kier alpha value is -2.05. The third-order valence-corrected chi connectivity index (χ3v) is 3.90. The maximum atomic E-state index is 12.5. The summed E-state index contributed by atoms with van der Waals surface area (Å²) in [5.74, 6) is -0.224. The summed E-state index contributed by atoms with van der Waals surface area (Å²) in [4.78, 5) is 28.0. The first-order valence-corrected chi connectivity index (χ1v) is 7.37. The van der Waals surface area contributed by atoms with E-state index in [0.717, 1.165) is 18.5 Å². The summed E-state index contributed by atoms with van der Waals surface area (Å²) in [6.45, 7) is 3.06. The van der Waals surface area contributed by atoms with Gasteiger partial charge in [0.25, 0.3) is 5.91 Å². The third-order valence-electron chi connectivity index (χ3n) is 3.90. The molecule has 1 fully saturated rings. The van der Waals surface area contributed by atoms with Crippen LogP contribution in [-0.2, 0) is 4.79 Å². The van der Waals surface area contributed by atoms with Gasteiger partial charge in [0.15, 0.2) is 0 Å².